The lowest BCUT2D eigenvalue weighted by atomic mass is 9.92. The summed E-state index contributed by atoms with van der Waals surface area (Å²) in [5.74, 6) is -0.157. The first-order chi connectivity index (χ1) is 8.76. The van der Waals surface area contributed by atoms with Crippen LogP contribution in [0.15, 0.2) is 0 Å². The molecule has 0 spiro atoms. The van der Waals surface area contributed by atoms with Crippen LogP contribution >= 0.6 is 0 Å². The van der Waals surface area contributed by atoms with E-state index in [2.05, 4.69) is 44.8 Å². The summed E-state index contributed by atoms with van der Waals surface area (Å²) >= 11 is 0. The summed E-state index contributed by atoms with van der Waals surface area (Å²) in [6.45, 7) is 15.2. The van der Waals surface area contributed by atoms with Gasteiger partial charge in [0.15, 0.2) is 0 Å². The summed E-state index contributed by atoms with van der Waals surface area (Å²) < 4.78 is 0. The Hall–Kier alpha value is -0.610. The van der Waals surface area contributed by atoms with Crippen LogP contribution in [0.2, 0.25) is 0 Å². The van der Waals surface area contributed by atoms with E-state index in [4.69, 9.17) is 0 Å². The van der Waals surface area contributed by atoms with Crippen LogP contribution in [0.25, 0.3) is 0 Å². The first-order valence-electron chi connectivity index (χ1n) is 7.49. The molecule has 114 valence electrons. The Morgan fingerprint density at radius 2 is 1.89 bits per heavy atom. The molecule has 0 aliphatic rings. The number of hydrogen-bond acceptors (Lipinski definition) is 3. The van der Waals surface area contributed by atoms with Gasteiger partial charge in [0.1, 0.15) is 5.54 Å². The van der Waals surface area contributed by atoms with Crippen molar-refractivity contribution in [3.8, 4) is 0 Å². The molecule has 0 aliphatic heterocycles. The molecule has 19 heavy (non-hydrogen) atoms. The summed E-state index contributed by atoms with van der Waals surface area (Å²) in [6.07, 6.45) is 1.57. The minimum Gasteiger partial charge on any atom is -0.480 e. The number of carbonyl (C=O) groups is 1. The maximum atomic E-state index is 11.5. The summed E-state index contributed by atoms with van der Waals surface area (Å²) in [5, 5.41) is 12.6. The van der Waals surface area contributed by atoms with Crippen molar-refractivity contribution >= 4 is 5.97 Å². The van der Waals surface area contributed by atoms with Gasteiger partial charge in [-0.2, -0.15) is 0 Å². The van der Waals surface area contributed by atoms with Gasteiger partial charge >= 0.3 is 5.97 Å². The second-order valence-corrected chi connectivity index (χ2v) is 6.10. The van der Waals surface area contributed by atoms with Gasteiger partial charge in [-0.05, 0) is 45.7 Å². The van der Waals surface area contributed by atoms with Crippen LogP contribution < -0.4 is 5.32 Å². The van der Waals surface area contributed by atoms with Crippen LogP contribution in [0.4, 0.5) is 0 Å². The van der Waals surface area contributed by atoms with Crippen molar-refractivity contribution in [2.24, 2.45) is 5.92 Å². The lowest BCUT2D eigenvalue weighted by Gasteiger charge is -2.35. The van der Waals surface area contributed by atoms with Crippen LogP contribution in [0.1, 0.15) is 54.4 Å². The van der Waals surface area contributed by atoms with E-state index in [1.54, 1.807) is 6.92 Å². The lowest BCUT2D eigenvalue weighted by Crippen LogP contribution is -2.54. The van der Waals surface area contributed by atoms with E-state index in [-0.39, 0.29) is 6.04 Å². The second-order valence-electron chi connectivity index (χ2n) is 6.10. The van der Waals surface area contributed by atoms with Crippen molar-refractivity contribution in [2.45, 2.75) is 66.0 Å². The third-order valence-electron chi connectivity index (χ3n) is 3.57. The number of nitrogens with zero attached hydrogens (tertiary/aromatic N) is 1. The van der Waals surface area contributed by atoms with Crippen molar-refractivity contribution < 1.29 is 9.90 Å². The van der Waals surface area contributed by atoms with Crippen LogP contribution in [0.3, 0.4) is 0 Å². The molecule has 0 fully saturated rings. The van der Waals surface area contributed by atoms with Gasteiger partial charge in [0, 0.05) is 12.6 Å². The molecule has 0 saturated carbocycles. The molecule has 4 heteroatoms. The molecule has 0 radical (unpaired) electrons. The van der Waals surface area contributed by atoms with E-state index in [0.717, 1.165) is 26.1 Å². The van der Waals surface area contributed by atoms with Crippen molar-refractivity contribution in [3.63, 3.8) is 0 Å². The standard InChI is InChI=1S/C15H32N2O2/c1-7-9-16-15(6,14(18)19)10-13(5)17(8-2)11-12(3)4/h12-13,16H,7-11H2,1-6H3,(H,18,19). The zero-order valence-corrected chi connectivity index (χ0v) is 13.5. The molecule has 0 rings (SSSR count). The molecule has 0 aromatic rings. The molecule has 0 aromatic carbocycles. The normalized spacial score (nSPS) is 16.6. The minimum atomic E-state index is -0.834. The van der Waals surface area contributed by atoms with E-state index in [9.17, 15) is 9.90 Å². The monoisotopic (exact) mass is 272 g/mol. The molecule has 2 unspecified atom stereocenters. The predicted molar refractivity (Wildman–Crippen MR) is 80.5 cm³/mol. The van der Waals surface area contributed by atoms with E-state index >= 15 is 0 Å². The van der Waals surface area contributed by atoms with Crippen LogP contribution in [0, 0.1) is 5.92 Å². The molecule has 0 aromatic heterocycles. The summed E-state index contributed by atoms with van der Waals surface area (Å²) in [6, 6.07) is 0.262. The van der Waals surface area contributed by atoms with Gasteiger partial charge < -0.3 is 15.3 Å². The molecule has 0 saturated heterocycles. The van der Waals surface area contributed by atoms with E-state index in [1.807, 2.05) is 0 Å². The fraction of sp³-hybridized carbons (Fsp3) is 0.933. The SMILES string of the molecule is CCCNC(C)(CC(C)N(CC)CC(C)C)C(=O)O. The van der Waals surface area contributed by atoms with Crippen molar-refractivity contribution in [1.29, 1.82) is 0 Å². The first-order valence-corrected chi connectivity index (χ1v) is 7.49. The van der Waals surface area contributed by atoms with Crippen LogP contribution in [-0.2, 0) is 4.79 Å². The molecular formula is C15H32N2O2. The Morgan fingerprint density at radius 1 is 1.32 bits per heavy atom. The van der Waals surface area contributed by atoms with Gasteiger partial charge in [0.05, 0.1) is 0 Å². The topological polar surface area (TPSA) is 52.6 Å². The molecule has 0 heterocycles. The third kappa shape index (κ3) is 6.39. The Kier molecular flexibility index (Phi) is 8.26. The highest BCUT2D eigenvalue weighted by Crippen LogP contribution is 2.18. The second kappa shape index (κ2) is 8.54. The number of aliphatic carboxylic acids is 1. The first kappa shape index (κ1) is 18.4. The number of hydrogen-bond donors (Lipinski definition) is 2. The highest BCUT2D eigenvalue weighted by Gasteiger charge is 2.35. The van der Waals surface area contributed by atoms with E-state index in [0.29, 0.717) is 12.3 Å². The maximum absolute atomic E-state index is 11.5. The molecule has 4 nitrogen and oxygen atoms in total. The molecule has 0 bridgehead atoms. The van der Waals surface area contributed by atoms with Crippen molar-refractivity contribution in [1.82, 2.24) is 10.2 Å². The Morgan fingerprint density at radius 3 is 2.26 bits per heavy atom. The van der Waals surface area contributed by atoms with E-state index in [1.165, 1.54) is 0 Å². The predicted octanol–water partition coefficient (Wildman–Crippen LogP) is 2.59. The summed E-state index contributed by atoms with van der Waals surface area (Å²) in [5.41, 5.74) is -0.834. The summed E-state index contributed by atoms with van der Waals surface area (Å²) in [4.78, 5) is 13.9. The van der Waals surface area contributed by atoms with Crippen LogP contribution in [0.5, 0.6) is 0 Å². The van der Waals surface area contributed by atoms with Gasteiger partial charge in [-0.3, -0.25) is 4.79 Å². The average Bonchev–Trinajstić information content (AvgIpc) is 2.32. The van der Waals surface area contributed by atoms with Gasteiger partial charge in [-0.15, -0.1) is 0 Å². The van der Waals surface area contributed by atoms with Gasteiger partial charge in [0.25, 0.3) is 0 Å². The number of nitrogens with one attached hydrogen (secondary N) is 1. The quantitative estimate of drug-likeness (QED) is 0.642. The molecule has 0 amide bonds. The third-order valence-corrected chi connectivity index (χ3v) is 3.57. The molecule has 2 N–H and O–H groups in total. The average molecular weight is 272 g/mol. The summed E-state index contributed by atoms with van der Waals surface area (Å²) in [7, 11) is 0. The van der Waals surface area contributed by atoms with Crippen molar-refractivity contribution in [2.75, 3.05) is 19.6 Å². The van der Waals surface area contributed by atoms with Gasteiger partial charge in [-0.1, -0.05) is 27.7 Å². The minimum absolute atomic E-state index is 0.262. The fourth-order valence-electron chi connectivity index (χ4n) is 2.45. The largest absolute Gasteiger partial charge is 0.480 e. The molecule has 2 atom stereocenters. The Labute approximate surface area is 118 Å². The van der Waals surface area contributed by atoms with Crippen LogP contribution in [-0.4, -0.2) is 47.2 Å². The maximum Gasteiger partial charge on any atom is 0.323 e. The molecule has 0 aliphatic carbocycles. The van der Waals surface area contributed by atoms with E-state index < -0.39 is 11.5 Å². The smallest absolute Gasteiger partial charge is 0.323 e. The number of rotatable bonds is 10. The Balaban J connectivity index is 4.68. The van der Waals surface area contributed by atoms with Gasteiger partial charge in [-0.25, -0.2) is 0 Å². The lowest BCUT2D eigenvalue weighted by molar-refractivity contribution is -0.145. The highest BCUT2D eigenvalue weighted by molar-refractivity contribution is 5.78. The fourth-order valence-corrected chi connectivity index (χ4v) is 2.45. The highest BCUT2D eigenvalue weighted by atomic mass is 16.4. The van der Waals surface area contributed by atoms with Gasteiger partial charge in [0.2, 0.25) is 0 Å². The van der Waals surface area contributed by atoms with Crippen molar-refractivity contribution in [3.05, 3.63) is 0 Å². The zero-order chi connectivity index (χ0) is 15.1. The Bertz CT molecular complexity index is 269. The number of carboxylic acids is 1. The molecular weight excluding hydrogens is 240 g/mol. The number of carboxylic acid groups (broad SMARTS) is 1. The zero-order valence-electron chi connectivity index (χ0n) is 13.5.